The Bertz CT molecular complexity index is 545. The number of carbonyl (C=O) groups is 1. The molecule has 1 fully saturated rings. The summed E-state index contributed by atoms with van der Waals surface area (Å²) >= 11 is 1.38. The van der Waals surface area contributed by atoms with E-state index in [0.29, 0.717) is 6.04 Å². The molecule has 4 heteroatoms. The quantitative estimate of drug-likeness (QED) is 0.645. The maximum Gasteiger partial charge on any atom is 0.234 e. The van der Waals surface area contributed by atoms with Crippen molar-refractivity contribution in [2.45, 2.75) is 38.1 Å². The van der Waals surface area contributed by atoms with Crippen LogP contribution in [-0.4, -0.2) is 11.9 Å². The van der Waals surface area contributed by atoms with E-state index in [9.17, 15) is 4.79 Å². The van der Waals surface area contributed by atoms with Crippen LogP contribution in [0.1, 0.15) is 27.2 Å². The number of carbonyl (C=O) groups excluding carboxylic acids is 1. The van der Waals surface area contributed by atoms with Crippen molar-refractivity contribution >= 4 is 23.5 Å². The summed E-state index contributed by atoms with van der Waals surface area (Å²) < 4.78 is 2.93. The highest BCUT2D eigenvalue weighted by atomic mass is 32.2. The molecule has 1 aliphatic carbocycles. The second-order valence-electron chi connectivity index (χ2n) is 5.21. The van der Waals surface area contributed by atoms with Crippen molar-refractivity contribution in [1.29, 1.82) is 0 Å². The minimum atomic E-state index is 0.0696. The second kappa shape index (κ2) is 6.71. The van der Waals surface area contributed by atoms with Gasteiger partial charge in [0.15, 0.2) is 0 Å². The highest BCUT2D eigenvalue weighted by Crippen LogP contribution is 2.38. The van der Waals surface area contributed by atoms with Crippen LogP contribution in [-0.2, 0) is 4.79 Å². The summed E-state index contributed by atoms with van der Waals surface area (Å²) in [5.41, 5.74) is 1.05. The molecule has 3 nitrogen and oxygen atoms in total. The van der Waals surface area contributed by atoms with Crippen LogP contribution >= 0.6 is 11.9 Å². The fourth-order valence-corrected chi connectivity index (χ4v) is 2.74. The minimum Gasteiger partial charge on any atom is -0.382 e. The van der Waals surface area contributed by atoms with Gasteiger partial charge in [0.2, 0.25) is 5.91 Å². The van der Waals surface area contributed by atoms with Crippen LogP contribution < -0.4 is 10.0 Å². The first kappa shape index (κ1) is 14.8. The van der Waals surface area contributed by atoms with E-state index >= 15 is 0 Å². The normalized spacial score (nSPS) is 20.0. The van der Waals surface area contributed by atoms with Gasteiger partial charge in [0.25, 0.3) is 0 Å². The number of hydrogen-bond acceptors (Lipinski definition) is 3. The third-order valence-electron chi connectivity index (χ3n) is 3.05. The zero-order valence-corrected chi connectivity index (χ0v) is 12.9. The molecule has 1 aliphatic rings. The maximum atomic E-state index is 12.0. The van der Waals surface area contributed by atoms with E-state index in [2.05, 4.69) is 35.7 Å². The molecule has 1 amide bonds. The summed E-state index contributed by atoms with van der Waals surface area (Å²) in [7, 11) is 0. The molecule has 2 N–H and O–H groups in total. The average Bonchev–Trinajstić information content (AvgIpc) is 3.17. The van der Waals surface area contributed by atoms with E-state index in [1.54, 1.807) is 0 Å². The van der Waals surface area contributed by atoms with Crippen LogP contribution in [0.5, 0.6) is 0 Å². The molecule has 2 rings (SSSR count). The van der Waals surface area contributed by atoms with E-state index in [4.69, 9.17) is 0 Å². The summed E-state index contributed by atoms with van der Waals surface area (Å²) in [5, 5.41) is 3.38. The van der Waals surface area contributed by atoms with E-state index in [1.807, 2.05) is 31.2 Å². The molecule has 0 aliphatic heterocycles. The topological polar surface area (TPSA) is 41.1 Å². The Hall–Kier alpha value is -1.60. The Morgan fingerprint density at radius 1 is 1.40 bits per heavy atom. The zero-order chi connectivity index (χ0) is 14.5. The van der Waals surface area contributed by atoms with Gasteiger partial charge in [-0.15, -0.1) is 5.92 Å². The first-order valence-corrected chi connectivity index (χ1v) is 7.68. The number of para-hydroxylation sites is 1. The van der Waals surface area contributed by atoms with Gasteiger partial charge in [-0.1, -0.05) is 18.1 Å². The summed E-state index contributed by atoms with van der Waals surface area (Å²) in [6.45, 7) is 6.01. The number of anilines is 1. The monoisotopic (exact) mass is 288 g/mol. The molecule has 0 aromatic heterocycles. The van der Waals surface area contributed by atoms with Gasteiger partial charge in [-0.3, -0.25) is 9.52 Å². The maximum absolute atomic E-state index is 12.0. The van der Waals surface area contributed by atoms with Crippen LogP contribution in [0.15, 0.2) is 29.2 Å². The molecular weight excluding hydrogens is 268 g/mol. The van der Waals surface area contributed by atoms with Crippen molar-refractivity contribution in [3.8, 4) is 11.8 Å². The third kappa shape index (κ3) is 3.94. The molecule has 106 valence electrons. The van der Waals surface area contributed by atoms with Crippen LogP contribution in [0.25, 0.3) is 0 Å². The van der Waals surface area contributed by atoms with Crippen LogP contribution in [0.2, 0.25) is 0 Å². The fourth-order valence-electron chi connectivity index (χ4n) is 2.00. The van der Waals surface area contributed by atoms with Crippen LogP contribution in [0.3, 0.4) is 0 Å². The van der Waals surface area contributed by atoms with E-state index in [1.165, 1.54) is 11.9 Å². The van der Waals surface area contributed by atoms with Crippen molar-refractivity contribution in [1.82, 2.24) is 4.72 Å². The van der Waals surface area contributed by atoms with Gasteiger partial charge in [-0.25, -0.2) is 0 Å². The van der Waals surface area contributed by atoms with Gasteiger partial charge in [0.05, 0.1) is 10.8 Å². The van der Waals surface area contributed by atoms with Crippen molar-refractivity contribution < 1.29 is 4.79 Å². The zero-order valence-electron chi connectivity index (χ0n) is 12.1. The lowest BCUT2D eigenvalue weighted by Crippen LogP contribution is -2.19. The van der Waals surface area contributed by atoms with Crippen LogP contribution in [0.4, 0.5) is 5.69 Å². The smallest absolute Gasteiger partial charge is 0.234 e. The number of rotatable bonds is 5. The Kier molecular flexibility index (Phi) is 4.97. The first-order valence-electron chi connectivity index (χ1n) is 6.86. The molecule has 0 saturated heterocycles. The highest BCUT2D eigenvalue weighted by molar-refractivity contribution is 7.98. The molecule has 1 saturated carbocycles. The predicted molar refractivity (Wildman–Crippen MR) is 84.2 cm³/mol. The van der Waals surface area contributed by atoms with Gasteiger partial charge in [0, 0.05) is 17.6 Å². The van der Waals surface area contributed by atoms with Crippen molar-refractivity contribution in [2.75, 3.05) is 5.32 Å². The molecule has 0 radical (unpaired) electrons. The second-order valence-corrected chi connectivity index (χ2v) is 6.05. The number of amides is 1. The van der Waals surface area contributed by atoms with Crippen molar-refractivity contribution in [2.24, 2.45) is 11.8 Å². The lowest BCUT2D eigenvalue weighted by Gasteiger charge is -2.14. The van der Waals surface area contributed by atoms with Gasteiger partial charge < -0.3 is 5.32 Å². The molecule has 1 aromatic rings. The van der Waals surface area contributed by atoms with Crippen LogP contribution in [0, 0.1) is 23.7 Å². The van der Waals surface area contributed by atoms with E-state index < -0.39 is 0 Å². The Morgan fingerprint density at radius 2 is 2.15 bits per heavy atom. The Morgan fingerprint density at radius 3 is 2.85 bits per heavy atom. The first-order chi connectivity index (χ1) is 9.61. The molecule has 0 spiro atoms. The molecule has 0 unspecified atom stereocenters. The third-order valence-corrected chi connectivity index (χ3v) is 3.93. The largest absolute Gasteiger partial charge is 0.382 e. The Labute approximate surface area is 125 Å². The molecule has 20 heavy (non-hydrogen) atoms. The van der Waals surface area contributed by atoms with Crippen molar-refractivity contribution in [3.05, 3.63) is 24.3 Å². The molecule has 2 atom stereocenters. The highest BCUT2D eigenvalue weighted by Gasteiger charge is 2.41. The van der Waals surface area contributed by atoms with Gasteiger partial charge in [-0.05, 0) is 51.3 Å². The number of hydrogen-bond donors (Lipinski definition) is 2. The number of benzene rings is 1. The average molecular weight is 288 g/mol. The summed E-state index contributed by atoms with van der Waals surface area (Å²) in [6.07, 6.45) is 0.888. The van der Waals surface area contributed by atoms with Gasteiger partial charge >= 0.3 is 0 Å². The van der Waals surface area contributed by atoms with Crippen molar-refractivity contribution in [3.63, 3.8) is 0 Å². The predicted octanol–water partition coefficient (Wildman–Crippen LogP) is 3.29. The van der Waals surface area contributed by atoms with Gasteiger partial charge in [0.1, 0.15) is 0 Å². The molecule has 1 aromatic carbocycles. The van der Waals surface area contributed by atoms with E-state index in [-0.39, 0.29) is 17.7 Å². The standard InChI is InChI=1S/C16H20N2OS/c1-4-7-12-10-13(12)16(19)18-20-15-9-6-5-8-14(15)17-11(2)3/h5-6,8-9,11-13,17H,10H2,1-3H3,(H,18,19)/t12-,13+/m1/s1. The molecule has 0 heterocycles. The lowest BCUT2D eigenvalue weighted by molar-refractivity contribution is -0.120. The van der Waals surface area contributed by atoms with Gasteiger partial charge in [-0.2, -0.15) is 0 Å². The Balaban J connectivity index is 1.90. The molecular formula is C16H20N2OS. The SMILES string of the molecule is CC#C[C@@H]1C[C@@H]1C(=O)NSc1ccccc1NC(C)C. The summed E-state index contributed by atoms with van der Waals surface area (Å²) in [4.78, 5) is 13.0. The lowest BCUT2D eigenvalue weighted by atomic mass is 10.3. The summed E-state index contributed by atoms with van der Waals surface area (Å²) in [5.74, 6) is 6.34. The van der Waals surface area contributed by atoms with E-state index in [0.717, 1.165) is 17.0 Å². The fraction of sp³-hybridized carbons (Fsp3) is 0.438. The number of nitrogens with one attached hydrogen (secondary N) is 2. The minimum absolute atomic E-state index is 0.0696. The molecule has 0 bridgehead atoms. The summed E-state index contributed by atoms with van der Waals surface area (Å²) in [6, 6.07) is 8.36.